The Hall–Kier alpha value is -3.07. The zero-order valence-electron chi connectivity index (χ0n) is 32.2. The van der Waals surface area contributed by atoms with Gasteiger partial charge in [0, 0.05) is 14.7 Å². The Morgan fingerprint density at radius 1 is 0.369 bits per heavy atom. The molecular formula is C32H27F18N5O6S3Zr. The Morgan fingerprint density at radius 3 is 0.662 bits per heavy atom. The molecule has 3 aromatic rings. The van der Waals surface area contributed by atoms with Crippen LogP contribution in [0.3, 0.4) is 0 Å². The normalized spacial score (nSPS) is 13.6. The van der Waals surface area contributed by atoms with Crippen molar-refractivity contribution in [3.05, 3.63) is 107 Å². The summed E-state index contributed by atoms with van der Waals surface area (Å²) in [5, 5.41) is 3.50. The second-order valence-corrected chi connectivity index (χ2v) is 17.5. The molecule has 3 aromatic carbocycles. The Balaban J connectivity index is 0.00000513. The minimum Gasteiger partial charge on any atom is -0.668 e. The fourth-order valence-corrected chi connectivity index (χ4v) is 7.76. The van der Waals surface area contributed by atoms with Crippen molar-refractivity contribution in [2.24, 2.45) is 0 Å². The van der Waals surface area contributed by atoms with Crippen molar-refractivity contribution in [1.82, 2.24) is 4.90 Å². The molecule has 0 spiro atoms. The summed E-state index contributed by atoms with van der Waals surface area (Å²) >= 11 is 0. The summed E-state index contributed by atoms with van der Waals surface area (Å²) in [5.41, 5.74) is -12.5. The fourth-order valence-electron chi connectivity index (χ4n) is 4.69. The molecule has 364 valence electrons. The van der Waals surface area contributed by atoms with Gasteiger partial charge in [-0.25, -0.2) is 25.3 Å². The molecule has 0 aromatic heterocycles. The molecule has 11 nitrogen and oxygen atoms in total. The van der Waals surface area contributed by atoms with Gasteiger partial charge in [-0.3, -0.25) is 0 Å². The van der Waals surface area contributed by atoms with E-state index < -0.39 is 173 Å². The Morgan fingerprint density at radius 2 is 0.523 bits per heavy atom. The van der Waals surface area contributed by atoms with E-state index in [0.29, 0.717) is 4.90 Å². The van der Waals surface area contributed by atoms with Crippen molar-refractivity contribution in [3.63, 3.8) is 0 Å². The van der Waals surface area contributed by atoms with Crippen LogP contribution < -0.4 is 0 Å². The van der Waals surface area contributed by atoms with Gasteiger partial charge in [-0.05, 0) is 74.2 Å². The number of rotatable bonds is 15. The zero-order valence-corrected chi connectivity index (χ0v) is 37.1. The van der Waals surface area contributed by atoms with Crippen molar-refractivity contribution < 1.29 is 130 Å². The maximum atomic E-state index is 13.3. The van der Waals surface area contributed by atoms with E-state index in [4.69, 9.17) is 0 Å². The van der Waals surface area contributed by atoms with Gasteiger partial charge in [0.15, 0.2) is 0 Å². The third kappa shape index (κ3) is 18.2. The van der Waals surface area contributed by atoms with Crippen LogP contribution >= 0.6 is 0 Å². The fraction of sp³-hybridized carbons (Fsp3) is 0.438. The Bertz CT molecular complexity index is 2060. The summed E-state index contributed by atoms with van der Waals surface area (Å²) < 4.78 is 325. The molecule has 0 aliphatic rings. The SMILES string of the molecule is C[N-]C.O=S(=O)([N-]CCN(CC[N-]S(=O)(=O)c1cc(C(F)(F)F)cc(C(F)(F)F)c1)CC[N-]S(=O)(=O)c1cc(C(F)(F)F)cc(C(F)(F)F)c1)c1cc(C(F)(F)F)cc(C(F)(F)F)c1.[Zr+4]. The van der Waals surface area contributed by atoms with Crippen LogP contribution in [0.4, 0.5) is 79.0 Å². The van der Waals surface area contributed by atoms with Gasteiger partial charge < -0.3 is 24.4 Å². The number of alkyl halides is 18. The van der Waals surface area contributed by atoms with Crippen molar-refractivity contribution in [3.8, 4) is 0 Å². The van der Waals surface area contributed by atoms with Crippen molar-refractivity contribution in [2.45, 2.75) is 51.7 Å². The van der Waals surface area contributed by atoms with E-state index in [1.165, 1.54) is 0 Å². The van der Waals surface area contributed by atoms with Gasteiger partial charge in [-0.1, -0.05) is 0 Å². The molecule has 0 amide bonds. The largest absolute Gasteiger partial charge is 4.00 e. The van der Waals surface area contributed by atoms with Gasteiger partial charge in [-0.2, -0.15) is 93.1 Å². The molecule has 0 N–H and O–H groups in total. The number of sulfonamides is 3. The van der Waals surface area contributed by atoms with Gasteiger partial charge in [0.25, 0.3) is 0 Å². The Kier molecular flexibility index (Phi) is 20.2. The quantitative estimate of drug-likeness (QED) is 0.137. The predicted octanol–water partition coefficient (Wildman–Crippen LogP) is 10.3. The van der Waals surface area contributed by atoms with Crippen molar-refractivity contribution in [2.75, 3.05) is 53.4 Å². The van der Waals surface area contributed by atoms with Crippen molar-refractivity contribution >= 4 is 30.1 Å². The third-order valence-electron chi connectivity index (χ3n) is 7.61. The van der Waals surface area contributed by atoms with Gasteiger partial charge in [0.05, 0.1) is 33.4 Å². The molecule has 0 saturated carbocycles. The first kappa shape index (κ1) is 59.9. The van der Waals surface area contributed by atoms with Gasteiger partial charge >= 0.3 is 63.3 Å². The second-order valence-electron chi connectivity index (χ2n) is 12.5. The summed E-state index contributed by atoms with van der Waals surface area (Å²) in [7, 11) is -12.9. The van der Waals surface area contributed by atoms with E-state index in [2.05, 4.69) is 19.5 Å². The molecule has 3 rings (SSSR count). The number of hydrogen-bond donors (Lipinski definition) is 0. The number of halogens is 18. The van der Waals surface area contributed by atoms with E-state index >= 15 is 0 Å². The van der Waals surface area contributed by atoms with Crippen LogP contribution in [-0.2, 0) is 93.3 Å². The molecule has 0 atom stereocenters. The van der Waals surface area contributed by atoms with E-state index in [9.17, 15) is 104 Å². The van der Waals surface area contributed by atoms with Gasteiger partial charge in [-0.15, -0.1) is 19.6 Å². The summed E-state index contributed by atoms with van der Waals surface area (Å²) in [6.45, 7) is -6.45. The molecule has 0 unspecified atom stereocenters. The topological polar surface area (TPSA) is 162 Å². The van der Waals surface area contributed by atoms with Crippen molar-refractivity contribution in [1.29, 1.82) is 0 Å². The van der Waals surface area contributed by atoms with E-state index in [1.807, 2.05) is 0 Å². The smallest absolute Gasteiger partial charge is 0.668 e. The minimum atomic E-state index is -5.53. The first-order chi connectivity index (χ1) is 28.6. The van der Waals surface area contributed by atoms with Crippen LogP contribution in [0.25, 0.3) is 19.5 Å². The monoisotopic (exact) mass is 1100 g/mol. The van der Waals surface area contributed by atoms with E-state index in [0.717, 1.165) is 0 Å². The van der Waals surface area contributed by atoms with Crippen LogP contribution in [0.2, 0.25) is 0 Å². The van der Waals surface area contributed by atoms with Crippen LogP contribution in [0.1, 0.15) is 33.4 Å². The molecule has 0 saturated heterocycles. The van der Waals surface area contributed by atoms with Crippen LogP contribution in [0, 0.1) is 0 Å². The first-order valence-corrected chi connectivity index (χ1v) is 20.9. The molecule has 0 heterocycles. The molecule has 0 fully saturated rings. The number of nitrogens with zero attached hydrogens (tertiary/aromatic N) is 5. The Labute approximate surface area is 376 Å². The van der Waals surface area contributed by atoms with Crippen LogP contribution in [-0.4, -0.2) is 83.5 Å². The molecule has 0 aliphatic heterocycles. The zero-order chi connectivity index (χ0) is 49.7. The first-order valence-electron chi connectivity index (χ1n) is 16.5. The predicted molar refractivity (Wildman–Crippen MR) is 187 cm³/mol. The summed E-state index contributed by atoms with van der Waals surface area (Å²) in [4.78, 5) is -4.27. The maximum Gasteiger partial charge on any atom is 4.00 e. The second kappa shape index (κ2) is 21.9. The summed E-state index contributed by atoms with van der Waals surface area (Å²) in [6, 6.07) is -2.65. The molecule has 0 aliphatic carbocycles. The number of hydrogen-bond acceptors (Lipinski definition) is 7. The van der Waals surface area contributed by atoms with E-state index in [-0.39, 0.29) is 62.6 Å². The maximum absolute atomic E-state index is 13.3. The van der Waals surface area contributed by atoms with Crippen LogP contribution in [0.5, 0.6) is 0 Å². The minimum absolute atomic E-state index is 0. The summed E-state index contributed by atoms with van der Waals surface area (Å²) in [5.74, 6) is 0. The average molecular weight is 1110 g/mol. The molecular weight excluding hydrogens is 1080 g/mol. The number of benzene rings is 3. The third-order valence-corrected chi connectivity index (χ3v) is 11.7. The van der Waals surface area contributed by atoms with E-state index in [1.54, 1.807) is 14.1 Å². The molecule has 0 bridgehead atoms. The molecule has 65 heavy (non-hydrogen) atoms. The van der Waals surface area contributed by atoms with Crippen LogP contribution in [0.15, 0.2) is 69.3 Å². The molecule has 33 heteroatoms. The van der Waals surface area contributed by atoms with Gasteiger partial charge in [0.1, 0.15) is 30.1 Å². The standard InChI is InChI=1S/C30H21F18N4O6S3.C2H6N.Zr/c31-25(32,33)16-7-17(26(34,35)36)11-22(10-16)59(53,54)49-1-4-52(5-2-50-60(55,56)23-12-18(27(37,38)39)8-19(13-23)28(40,41)42)6-3-51-61(57,58)24-14-20(29(43,44)45)9-21(15-24)30(46,47)48;1-3-2;/h7-15H,1-6H2;1-2H3;/q-3;-1;+4. The molecule has 0 radical (unpaired) electrons. The summed E-state index contributed by atoms with van der Waals surface area (Å²) in [6.07, 6.45) is -33.2. The average Bonchev–Trinajstić information content (AvgIpc) is 3.12. The van der Waals surface area contributed by atoms with Gasteiger partial charge in [0.2, 0.25) is 0 Å².